The maximum atomic E-state index is 12.5. The molecule has 24 heavy (non-hydrogen) atoms. The molecule has 0 aliphatic carbocycles. The van der Waals surface area contributed by atoms with Crippen LogP contribution in [0.3, 0.4) is 0 Å². The highest BCUT2D eigenvalue weighted by Gasteiger charge is 2.17. The summed E-state index contributed by atoms with van der Waals surface area (Å²) in [6.07, 6.45) is 3.25. The van der Waals surface area contributed by atoms with Crippen LogP contribution in [0.5, 0.6) is 5.75 Å². The molecule has 0 spiro atoms. The van der Waals surface area contributed by atoms with E-state index in [1.165, 1.54) is 0 Å². The third kappa shape index (κ3) is 2.29. The second-order valence-corrected chi connectivity index (χ2v) is 5.37. The van der Waals surface area contributed by atoms with Gasteiger partial charge in [0, 0.05) is 11.6 Å². The van der Waals surface area contributed by atoms with Crippen LogP contribution >= 0.6 is 0 Å². The molecule has 118 valence electrons. The van der Waals surface area contributed by atoms with E-state index in [2.05, 4.69) is 6.58 Å². The topological polar surface area (TPSA) is 52.6 Å². The molecule has 4 rings (SSSR count). The summed E-state index contributed by atoms with van der Waals surface area (Å²) >= 11 is 0. The van der Waals surface area contributed by atoms with Gasteiger partial charge in [-0.25, -0.2) is 4.79 Å². The average molecular weight is 318 g/mol. The van der Waals surface area contributed by atoms with E-state index >= 15 is 0 Å². The molecule has 0 N–H and O–H groups in total. The first-order valence-corrected chi connectivity index (χ1v) is 7.55. The number of furan rings is 1. The van der Waals surface area contributed by atoms with Gasteiger partial charge in [0.25, 0.3) is 0 Å². The highest BCUT2D eigenvalue weighted by molar-refractivity contribution is 6.06. The minimum atomic E-state index is -0.425. The van der Waals surface area contributed by atoms with E-state index in [-0.39, 0.29) is 0 Å². The summed E-state index contributed by atoms with van der Waals surface area (Å²) in [5.74, 6) is 0.611. The zero-order chi connectivity index (χ0) is 16.5. The first-order chi connectivity index (χ1) is 11.8. The zero-order valence-corrected chi connectivity index (χ0v) is 12.8. The van der Waals surface area contributed by atoms with Gasteiger partial charge in [-0.2, -0.15) is 0 Å². The van der Waals surface area contributed by atoms with Crippen molar-refractivity contribution in [2.45, 2.75) is 0 Å². The van der Waals surface area contributed by atoms with Gasteiger partial charge in [0.1, 0.15) is 23.3 Å². The van der Waals surface area contributed by atoms with Crippen LogP contribution in [0, 0.1) is 0 Å². The molecule has 4 heteroatoms. The van der Waals surface area contributed by atoms with Gasteiger partial charge in [-0.05, 0) is 17.7 Å². The SMILES string of the molecule is C=CCOc1ccc2c(c1)oc(=O)c1c(-c3ccccc3)coc12. The van der Waals surface area contributed by atoms with Crippen molar-refractivity contribution in [1.82, 2.24) is 0 Å². The summed E-state index contributed by atoms with van der Waals surface area (Å²) in [4.78, 5) is 12.5. The lowest BCUT2D eigenvalue weighted by Gasteiger charge is -2.04. The van der Waals surface area contributed by atoms with E-state index < -0.39 is 5.63 Å². The lowest BCUT2D eigenvalue weighted by atomic mass is 10.1. The average Bonchev–Trinajstić information content (AvgIpc) is 3.06. The van der Waals surface area contributed by atoms with Gasteiger partial charge in [-0.1, -0.05) is 43.0 Å². The van der Waals surface area contributed by atoms with Crippen LogP contribution in [0.1, 0.15) is 0 Å². The van der Waals surface area contributed by atoms with Crippen molar-refractivity contribution in [3.63, 3.8) is 0 Å². The van der Waals surface area contributed by atoms with Gasteiger partial charge in [-0.3, -0.25) is 0 Å². The quantitative estimate of drug-likeness (QED) is 0.402. The first-order valence-electron chi connectivity index (χ1n) is 7.55. The standard InChI is InChI=1S/C20H14O4/c1-2-10-22-14-8-9-15-17(11-14)24-20(21)18-16(12-23-19(15)18)13-6-4-3-5-7-13/h2-9,11-12H,1,10H2. The van der Waals surface area contributed by atoms with Gasteiger partial charge in [0.2, 0.25) is 0 Å². The van der Waals surface area contributed by atoms with Crippen molar-refractivity contribution in [2.24, 2.45) is 0 Å². The molecule has 0 aliphatic rings. The number of ether oxygens (including phenoxy) is 1. The van der Waals surface area contributed by atoms with E-state index in [4.69, 9.17) is 13.6 Å². The van der Waals surface area contributed by atoms with E-state index in [1.807, 2.05) is 42.5 Å². The van der Waals surface area contributed by atoms with Gasteiger partial charge in [0.15, 0.2) is 5.58 Å². The van der Waals surface area contributed by atoms with Crippen molar-refractivity contribution >= 4 is 21.9 Å². The maximum Gasteiger partial charge on any atom is 0.348 e. The van der Waals surface area contributed by atoms with Gasteiger partial charge in [0.05, 0.1) is 11.6 Å². The summed E-state index contributed by atoms with van der Waals surface area (Å²) in [5, 5.41) is 1.19. The molecule has 0 fully saturated rings. The Balaban J connectivity index is 1.95. The molecule has 2 aromatic heterocycles. The molecular formula is C20H14O4. The lowest BCUT2D eigenvalue weighted by Crippen LogP contribution is -2.00. The van der Waals surface area contributed by atoms with Gasteiger partial charge < -0.3 is 13.6 Å². The van der Waals surface area contributed by atoms with Crippen LogP contribution in [-0.4, -0.2) is 6.61 Å². The van der Waals surface area contributed by atoms with Crippen LogP contribution in [0.15, 0.2) is 81.1 Å². The van der Waals surface area contributed by atoms with Gasteiger partial charge >= 0.3 is 5.63 Å². The van der Waals surface area contributed by atoms with Crippen LogP contribution in [0.4, 0.5) is 0 Å². The Bertz CT molecular complexity index is 1090. The Kier molecular flexibility index (Phi) is 3.43. The van der Waals surface area contributed by atoms with Crippen LogP contribution in [0.2, 0.25) is 0 Å². The number of hydrogen-bond acceptors (Lipinski definition) is 4. The van der Waals surface area contributed by atoms with E-state index in [0.717, 1.165) is 16.5 Å². The second kappa shape index (κ2) is 5.74. The predicted molar refractivity (Wildman–Crippen MR) is 93.4 cm³/mol. The monoisotopic (exact) mass is 318 g/mol. The van der Waals surface area contributed by atoms with Crippen molar-refractivity contribution in [3.05, 3.63) is 77.9 Å². The third-order valence-corrected chi connectivity index (χ3v) is 3.85. The molecule has 0 unspecified atom stereocenters. The Morgan fingerprint density at radius 1 is 1.12 bits per heavy atom. The molecule has 0 saturated heterocycles. The van der Waals surface area contributed by atoms with Gasteiger partial charge in [-0.15, -0.1) is 0 Å². The molecule has 2 aromatic carbocycles. The Morgan fingerprint density at radius 2 is 1.96 bits per heavy atom. The van der Waals surface area contributed by atoms with Crippen LogP contribution in [-0.2, 0) is 0 Å². The smallest absolute Gasteiger partial charge is 0.348 e. The van der Waals surface area contributed by atoms with Crippen LogP contribution in [0.25, 0.3) is 33.1 Å². The summed E-state index contributed by atoms with van der Waals surface area (Å²) in [7, 11) is 0. The number of benzene rings is 2. The predicted octanol–water partition coefficient (Wildman–Crippen LogP) is 4.77. The minimum absolute atomic E-state index is 0.386. The van der Waals surface area contributed by atoms with Crippen LogP contribution < -0.4 is 10.4 Å². The first kappa shape index (κ1) is 14.3. The van der Waals surface area contributed by atoms with Crippen molar-refractivity contribution in [1.29, 1.82) is 0 Å². The molecule has 4 nitrogen and oxygen atoms in total. The lowest BCUT2D eigenvalue weighted by molar-refractivity contribution is 0.363. The van der Waals surface area contributed by atoms with Crippen molar-refractivity contribution in [2.75, 3.05) is 6.61 Å². The highest BCUT2D eigenvalue weighted by Crippen LogP contribution is 2.33. The molecule has 0 bridgehead atoms. The summed E-state index contributed by atoms with van der Waals surface area (Å²) < 4.78 is 16.7. The minimum Gasteiger partial charge on any atom is -0.489 e. The highest BCUT2D eigenvalue weighted by atomic mass is 16.5. The summed E-state index contributed by atoms with van der Waals surface area (Å²) in [6.45, 7) is 4.00. The molecule has 0 amide bonds. The molecule has 4 aromatic rings. The van der Waals surface area contributed by atoms with E-state index in [9.17, 15) is 4.79 Å². The fourth-order valence-electron chi connectivity index (χ4n) is 2.76. The molecule has 0 saturated carbocycles. The fourth-order valence-corrected chi connectivity index (χ4v) is 2.76. The molecule has 0 aliphatic heterocycles. The largest absolute Gasteiger partial charge is 0.489 e. The third-order valence-electron chi connectivity index (χ3n) is 3.85. The molecule has 0 radical (unpaired) electrons. The second-order valence-electron chi connectivity index (χ2n) is 5.37. The molecule has 0 atom stereocenters. The molecular weight excluding hydrogens is 304 g/mol. The number of fused-ring (bicyclic) bond motifs is 3. The summed E-state index contributed by atoms with van der Waals surface area (Å²) in [5.41, 5.74) is 2.17. The Labute approximate surface area is 137 Å². The fraction of sp³-hybridized carbons (Fsp3) is 0.0500. The van der Waals surface area contributed by atoms with E-state index in [1.54, 1.807) is 18.4 Å². The normalized spacial score (nSPS) is 11.0. The Hall–Kier alpha value is -3.27. The number of rotatable bonds is 4. The van der Waals surface area contributed by atoms with E-state index in [0.29, 0.717) is 28.9 Å². The van der Waals surface area contributed by atoms with Crippen molar-refractivity contribution < 1.29 is 13.6 Å². The zero-order valence-electron chi connectivity index (χ0n) is 12.8. The maximum absolute atomic E-state index is 12.5. The van der Waals surface area contributed by atoms with Crippen molar-refractivity contribution in [3.8, 4) is 16.9 Å². The molecule has 2 heterocycles. The number of hydrogen-bond donors (Lipinski definition) is 0. The summed E-state index contributed by atoms with van der Waals surface area (Å²) in [6, 6.07) is 15.0. The Morgan fingerprint density at radius 3 is 2.75 bits per heavy atom.